The summed E-state index contributed by atoms with van der Waals surface area (Å²) in [7, 11) is 0. The van der Waals surface area contributed by atoms with Crippen molar-refractivity contribution in [2.24, 2.45) is 0 Å². The molecule has 5 heteroatoms. The molecule has 1 atom stereocenters. The first kappa shape index (κ1) is 18.5. The fourth-order valence-electron chi connectivity index (χ4n) is 3.17. The summed E-state index contributed by atoms with van der Waals surface area (Å²) in [4.78, 5) is 25.2. The van der Waals surface area contributed by atoms with E-state index in [0.717, 1.165) is 32.5 Å². The van der Waals surface area contributed by atoms with Crippen LogP contribution in [0.5, 0.6) is 0 Å². The number of carboxylic acid groups (broad SMARTS) is 1. The van der Waals surface area contributed by atoms with Gasteiger partial charge in [-0.25, -0.2) is 4.79 Å². The number of aromatic carboxylic acids is 1. The van der Waals surface area contributed by atoms with Crippen molar-refractivity contribution in [3.8, 4) is 0 Å². The predicted octanol–water partition coefficient (Wildman–Crippen LogP) is 2.87. The van der Waals surface area contributed by atoms with Gasteiger partial charge >= 0.3 is 5.97 Å². The molecular weight excluding hydrogens is 304 g/mol. The third-order valence-electron chi connectivity index (χ3n) is 4.30. The Hall–Kier alpha value is -1.88. The van der Waals surface area contributed by atoms with Gasteiger partial charge in [0.2, 0.25) is 5.91 Å². The number of nitrogens with one attached hydrogen (secondary N) is 1. The molecule has 0 aliphatic carbocycles. The largest absolute Gasteiger partial charge is 0.478 e. The average molecular weight is 332 g/mol. The third-order valence-corrected chi connectivity index (χ3v) is 4.30. The molecule has 0 spiro atoms. The highest BCUT2D eigenvalue weighted by Crippen LogP contribution is 2.27. The predicted molar refractivity (Wildman–Crippen MR) is 94.3 cm³/mol. The van der Waals surface area contributed by atoms with E-state index in [9.17, 15) is 9.59 Å². The van der Waals surface area contributed by atoms with Crippen LogP contribution in [0.25, 0.3) is 0 Å². The van der Waals surface area contributed by atoms with Gasteiger partial charge in [-0.05, 0) is 63.8 Å². The molecule has 24 heavy (non-hydrogen) atoms. The number of carbonyl (C=O) groups is 2. The zero-order valence-electron chi connectivity index (χ0n) is 14.8. The Kier molecular flexibility index (Phi) is 5.99. The number of benzene rings is 1. The number of hydrogen-bond donors (Lipinski definition) is 2. The quantitative estimate of drug-likeness (QED) is 0.870. The van der Waals surface area contributed by atoms with Crippen molar-refractivity contribution in [2.45, 2.75) is 51.5 Å². The maximum absolute atomic E-state index is 12.0. The summed E-state index contributed by atoms with van der Waals surface area (Å²) in [6, 6.07) is 7.19. The van der Waals surface area contributed by atoms with Gasteiger partial charge < -0.3 is 15.3 Å². The molecule has 1 aliphatic heterocycles. The van der Waals surface area contributed by atoms with E-state index in [4.69, 9.17) is 5.11 Å². The molecule has 1 fully saturated rings. The summed E-state index contributed by atoms with van der Waals surface area (Å²) in [5, 5.41) is 12.0. The molecule has 0 aromatic heterocycles. The van der Waals surface area contributed by atoms with Crippen molar-refractivity contribution in [1.29, 1.82) is 0 Å². The number of piperidine rings is 1. The maximum atomic E-state index is 12.0. The molecule has 0 radical (unpaired) electrons. The molecule has 132 valence electrons. The van der Waals surface area contributed by atoms with Crippen molar-refractivity contribution < 1.29 is 14.7 Å². The van der Waals surface area contributed by atoms with E-state index >= 15 is 0 Å². The van der Waals surface area contributed by atoms with Gasteiger partial charge in [-0.1, -0.05) is 12.1 Å². The highest BCUT2D eigenvalue weighted by atomic mass is 16.4. The second-order valence-electron chi connectivity index (χ2n) is 7.62. The second-order valence-corrected chi connectivity index (χ2v) is 7.62. The number of amides is 1. The zero-order valence-corrected chi connectivity index (χ0v) is 14.8. The van der Waals surface area contributed by atoms with Crippen molar-refractivity contribution in [3.63, 3.8) is 0 Å². The lowest BCUT2D eigenvalue weighted by Gasteiger charge is -2.33. The van der Waals surface area contributed by atoms with E-state index < -0.39 is 5.97 Å². The molecule has 1 heterocycles. The van der Waals surface area contributed by atoms with Crippen LogP contribution in [0.4, 0.5) is 0 Å². The van der Waals surface area contributed by atoms with Crippen LogP contribution in [0.1, 0.15) is 61.9 Å². The Balaban J connectivity index is 1.87. The van der Waals surface area contributed by atoms with Gasteiger partial charge in [-0.3, -0.25) is 4.79 Å². The topological polar surface area (TPSA) is 69.6 Å². The SMILES string of the molecule is CC(C)(C)NC(=O)CCN1CCC[C@@H](c2ccc(C(=O)O)cc2)C1. The lowest BCUT2D eigenvalue weighted by atomic mass is 9.90. The van der Waals surface area contributed by atoms with Crippen LogP contribution in [-0.2, 0) is 4.79 Å². The normalized spacial score (nSPS) is 19.0. The zero-order chi connectivity index (χ0) is 17.7. The van der Waals surface area contributed by atoms with Crippen LogP contribution >= 0.6 is 0 Å². The molecule has 0 saturated carbocycles. The number of hydrogen-bond acceptors (Lipinski definition) is 3. The van der Waals surface area contributed by atoms with Gasteiger partial charge in [-0.15, -0.1) is 0 Å². The highest BCUT2D eigenvalue weighted by Gasteiger charge is 2.22. The lowest BCUT2D eigenvalue weighted by molar-refractivity contribution is -0.122. The fraction of sp³-hybridized carbons (Fsp3) is 0.579. The molecular formula is C19H28N2O3. The molecule has 1 saturated heterocycles. The van der Waals surface area contributed by atoms with Crippen LogP contribution < -0.4 is 5.32 Å². The lowest BCUT2D eigenvalue weighted by Crippen LogP contribution is -2.43. The van der Waals surface area contributed by atoms with Crippen LogP contribution in [0.3, 0.4) is 0 Å². The Labute approximate surface area is 144 Å². The van der Waals surface area contributed by atoms with Crippen molar-refractivity contribution >= 4 is 11.9 Å². The Morgan fingerprint density at radius 3 is 2.50 bits per heavy atom. The second kappa shape index (κ2) is 7.79. The average Bonchev–Trinajstić information content (AvgIpc) is 2.52. The van der Waals surface area contributed by atoms with Crippen LogP contribution in [0.2, 0.25) is 0 Å². The van der Waals surface area contributed by atoms with E-state index in [0.29, 0.717) is 17.9 Å². The summed E-state index contributed by atoms with van der Waals surface area (Å²) >= 11 is 0. The number of carbonyl (C=O) groups excluding carboxylic acids is 1. The Morgan fingerprint density at radius 2 is 1.92 bits per heavy atom. The first-order valence-electron chi connectivity index (χ1n) is 8.61. The molecule has 0 bridgehead atoms. The van der Waals surface area contributed by atoms with Crippen LogP contribution in [-0.4, -0.2) is 47.1 Å². The smallest absolute Gasteiger partial charge is 0.335 e. The summed E-state index contributed by atoms with van der Waals surface area (Å²) in [6.45, 7) is 8.68. The molecule has 1 aromatic carbocycles. The van der Waals surface area contributed by atoms with Gasteiger partial charge in [0.05, 0.1) is 5.56 Å². The fourth-order valence-corrected chi connectivity index (χ4v) is 3.17. The molecule has 0 unspecified atom stereocenters. The molecule has 5 nitrogen and oxygen atoms in total. The van der Waals surface area contributed by atoms with Crippen molar-refractivity contribution in [3.05, 3.63) is 35.4 Å². The summed E-state index contributed by atoms with van der Waals surface area (Å²) in [6.07, 6.45) is 2.73. The minimum atomic E-state index is -0.892. The first-order valence-corrected chi connectivity index (χ1v) is 8.61. The minimum Gasteiger partial charge on any atom is -0.478 e. The molecule has 2 N–H and O–H groups in total. The number of nitrogens with zero attached hydrogens (tertiary/aromatic N) is 1. The van der Waals surface area contributed by atoms with Gasteiger partial charge in [0.1, 0.15) is 0 Å². The van der Waals surface area contributed by atoms with E-state index in [2.05, 4.69) is 10.2 Å². The van der Waals surface area contributed by atoms with E-state index in [1.54, 1.807) is 12.1 Å². The van der Waals surface area contributed by atoms with E-state index in [-0.39, 0.29) is 11.4 Å². The first-order chi connectivity index (χ1) is 11.2. The summed E-state index contributed by atoms with van der Waals surface area (Å²) in [5.41, 5.74) is 1.32. The number of likely N-dealkylation sites (tertiary alicyclic amines) is 1. The maximum Gasteiger partial charge on any atom is 0.335 e. The Bertz CT molecular complexity index is 575. The summed E-state index contributed by atoms with van der Waals surface area (Å²) in [5.74, 6) is -0.389. The van der Waals surface area contributed by atoms with Crippen LogP contribution in [0.15, 0.2) is 24.3 Å². The number of rotatable bonds is 5. The molecule has 2 rings (SSSR count). The molecule has 1 aromatic rings. The Morgan fingerprint density at radius 1 is 1.25 bits per heavy atom. The summed E-state index contributed by atoms with van der Waals surface area (Å²) < 4.78 is 0. The van der Waals surface area contributed by atoms with Gasteiger partial charge in [0.15, 0.2) is 0 Å². The standard InChI is InChI=1S/C19H28N2O3/c1-19(2,3)20-17(22)10-12-21-11-4-5-16(13-21)14-6-8-15(9-7-14)18(23)24/h6-9,16H,4-5,10-13H2,1-3H3,(H,20,22)(H,23,24)/t16-/m1/s1. The highest BCUT2D eigenvalue weighted by molar-refractivity contribution is 5.87. The van der Waals surface area contributed by atoms with E-state index in [1.807, 2.05) is 32.9 Å². The van der Waals surface area contributed by atoms with Crippen molar-refractivity contribution in [1.82, 2.24) is 10.2 Å². The monoisotopic (exact) mass is 332 g/mol. The molecule has 1 amide bonds. The minimum absolute atomic E-state index is 0.0930. The third kappa shape index (κ3) is 5.64. The van der Waals surface area contributed by atoms with Gasteiger partial charge in [0, 0.05) is 25.0 Å². The van der Waals surface area contributed by atoms with E-state index in [1.165, 1.54) is 5.56 Å². The van der Waals surface area contributed by atoms with Crippen molar-refractivity contribution in [2.75, 3.05) is 19.6 Å². The van der Waals surface area contributed by atoms with Gasteiger partial charge in [-0.2, -0.15) is 0 Å². The van der Waals surface area contributed by atoms with Crippen LogP contribution in [0, 0.1) is 0 Å². The van der Waals surface area contributed by atoms with Gasteiger partial charge in [0.25, 0.3) is 0 Å². The molecule has 1 aliphatic rings. The number of carboxylic acids is 1.